The number of piperidine rings is 1. The fraction of sp³-hybridized carbons (Fsp3) is 0.381. The summed E-state index contributed by atoms with van der Waals surface area (Å²) in [4.78, 5) is 95.1. The van der Waals surface area contributed by atoms with Gasteiger partial charge in [0.1, 0.15) is 35.3 Å². The van der Waals surface area contributed by atoms with Crippen molar-refractivity contribution in [2.24, 2.45) is 4.99 Å². The van der Waals surface area contributed by atoms with Crippen molar-refractivity contribution in [2.45, 2.75) is 58.0 Å². The molecule has 2 atom stereocenters. The number of amides is 5. The summed E-state index contributed by atoms with van der Waals surface area (Å²) in [6.45, 7) is 4.55. The molecule has 20 heteroatoms. The molecule has 62 heavy (non-hydrogen) atoms. The van der Waals surface area contributed by atoms with Gasteiger partial charge in [-0.2, -0.15) is 0 Å². The first kappa shape index (κ1) is 43.9. The van der Waals surface area contributed by atoms with Crippen LogP contribution in [0.1, 0.15) is 96.9 Å². The topological polar surface area (TPSA) is 227 Å². The SMILES string of the molecule is COC(=O)C[C@H]1N=C(c2ccc(Cl)cc2)c2c(sc(C(=O)NCCOCCOCCCC(=O)COc3cccc4c3C(=O)N(C3CCC(=O)NC3=O)C4=O)c2C)-n2c(C)nnc21. The van der Waals surface area contributed by atoms with Crippen molar-refractivity contribution in [1.82, 2.24) is 30.3 Å². The number of ketones is 1. The number of benzene rings is 2. The van der Waals surface area contributed by atoms with Crippen molar-refractivity contribution in [3.05, 3.63) is 91.8 Å². The molecule has 18 nitrogen and oxygen atoms in total. The maximum atomic E-state index is 13.6. The zero-order valence-corrected chi connectivity index (χ0v) is 35.6. The van der Waals surface area contributed by atoms with Crippen molar-refractivity contribution in [3.63, 3.8) is 0 Å². The number of Topliss-reactive ketones (excluding diaryl/α,β-unsaturated/α-hetero) is 1. The van der Waals surface area contributed by atoms with Gasteiger partial charge in [-0.25, -0.2) is 0 Å². The number of rotatable bonds is 18. The number of fused-ring (bicyclic) bond motifs is 4. The number of methoxy groups -OCH3 is 1. The molecule has 5 amide bonds. The van der Waals surface area contributed by atoms with Gasteiger partial charge in [-0.05, 0) is 56.5 Å². The summed E-state index contributed by atoms with van der Waals surface area (Å²) in [7, 11) is 1.32. The minimum Gasteiger partial charge on any atom is -0.485 e. The van der Waals surface area contributed by atoms with Crippen LogP contribution in [0.25, 0.3) is 5.00 Å². The summed E-state index contributed by atoms with van der Waals surface area (Å²) in [6.07, 6.45) is 0.514. The molecule has 2 aromatic heterocycles. The molecule has 1 saturated heterocycles. The molecular weight excluding hydrogens is 846 g/mol. The zero-order chi connectivity index (χ0) is 44.1. The number of nitrogens with one attached hydrogen (secondary N) is 2. The van der Waals surface area contributed by atoms with Crippen LogP contribution in [0.4, 0.5) is 0 Å². The fourth-order valence-electron chi connectivity index (χ4n) is 7.32. The third kappa shape index (κ3) is 9.20. The molecule has 0 radical (unpaired) electrons. The van der Waals surface area contributed by atoms with Crippen LogP contribution < -0.4 is 15.4 Å². The predicted molar refractivity (Wildman–Crippen MR) is 222 cm³/mol. The molecular formula is C42H42ClN7O11S. The summed E-state index contributed by atoms with van der Waals surface area (Å²) in [5.41, 5.74) is 2.78. The van der Waals surface area contributed by atoms with E-state index in [0.29, 0.717) is 44.2 Å². The Kier molecular flexibility index (Phi) is 13.7. The van der Waals surface area contributed by atoms with E-state index >= 15 is 0 Å². The van der Waals surface area contributed by atoms with E-state index in [9.17, 15) is 33.6 Å². The van der Waals surface area contributed by atoms with E-state index < -0.39 is 41.7 Å². The first-order valence-electron chi connectivity index (χ1n) is 19.8. The van der Waals surface area contributed by atoms with Gasteiger partial charge in [-0.3, -0.25) is 53.3 Å². The lowest BCUT2D eigenvalue weighted by Crippen LogP contribution is -2.54. The number of aryl methyl sites for hydroxylation is 1. The van der Waals surface area contributed by atoms with Crippen LogP contribution in [0.15, 0.2) is 47.5 Å². The predicted octanol–water partition coefficient (Wildman–Crippen LogP) is 3.65. The monoisotopic (exact) mass is 887 g/mol. The molecule has 0 saturated carbocycles. The first-order valence-corrected chi connectivity index (χ1v) is 21.0. The van der Waals surface area contributed by atoms with Crippen LogP contribution >= 0.6 is 22.9 Å². The van der Waals surface area contributed by atoms with Gasteiger partial charge in [0.25, 0.3) is 17.7 Å². The van der Waals surface area contributed by atoms with E-state index in [2.05, 4.69) is 20.8 Å². The van der Waals surface area contributed by atoms with Gasteiger partial charge in [-0.15, -0.1) is 21.5 Å². The van der Waals surface area contributed by atoms with Gasteiger partial charge in [0.05, 0.1) is 55.1 Å². The van der Waals surface area contributed by atoms with Crippen molar-refractivity contribution in [1.29, 1.82) is 0 Å². The molecule has 324 valence electrons. The minimum absolute atomic E-state index is 0.000285. The second-order valence-electron chi connectivity index (χ2n) is 14.5. The van der Waals surface area contributed by atoms with Crippen LogP contribution in [0, 0.1) is 13.8 Å². The molecule has 1 fully saturated rings. The van der Waals surface area contributed by atoms with Crippen LogP contribution in [0.5, 0.6) is 5.75 Å². The number of imide groups is 2. The van der Waals surface area contributed by atoms with Crippen molar-refractivity contribution < 1.29 is 52.5 Å². The van der Waals surface area contributed by atoms with E-state index in [4.69, 9.17) is 35.5 Å². The minimum atomic E-state index is -1.11. The Hall–Kier alpha value is -6.15. The Balaban J connectivity index is 0.850. The van der Waals surface area contributed by atoms with Gasteiger partial charge in [0.2, 0.25) is 11.8 Å². The third-order valence-electron chi connectivity index (χ3n) is 10.4. The van der Waals surface area contributed by atoms with Gasteiger partial charge in [0, 0.05) is 42.1 Å². The van der Waals surface area contributed by atoms with Crippen LogP contribution in [0.3, 0.4) is 0 Å². The lowest BCUT2D eigenvalue weighted by Gasteiger charge is -2.27. The third-order valence-corrected chi connectivity index (χ3v) is 11.9. The summed E-state index contributed by atoms with van der Waals surface area (Å²) in [5, 5.41) is 15.0. The Morgan fingerprint density at radius 2 is 1.71 bits per heavy atom. The number of ether oxygens (including phenoxy) is 4. The molecule has 5 heterocycles. The Morgan fingerprint density at radius 3 is 2.45 bits per heavy atom. The number of hydrogen-bond acceptors (Lipinski definition) is 15. The zero-order valence-electron chi connectivity index (χ0n) is 34.0. The Labute approximate surface area is 363 Å². The first-order chi connectivity index (χ1) is 29.9. The van der Waals surface area contributed by atoms with E-state index in [0.717, 1.165) is 16.0 Å². The number of halogens is 1. The van der Waals surface area contributed by atoms with E-state index in [1.165, 1.54) is 36.6 Å². The Bertz CT molecular complexity index is 2480. The summed E-state index contributed by atoms with van der Waals surface area (Å²) < 4.78 is 23.7. The molecule has 1 unspecified atom stereocenters. The Morgan fingerprint density at radius 1 is 0.952 bits per heavy atom. The van der Waals surface area contributed by atoms with E-state index in [1.54, 1.807) is 19.1 Å². The molecule has 0 spiro atoms. The highest BCUT2D eigenvalue weighted by Gasteiger charge is 2.46. The van der Waals surface area contributed by atoms with Crippen molar-refractivity contribution in [2.75, 3.05) is 46.7 Å². The maximum Gasteiger partial charge on any atom is 0.308 e. The quantitative estimate of drug-likeness (QED) is 0.0828. The number of aliphatic imine (C=N–C) groups is 1. The van der Waals surface area contributed by atoms with Crippen LogP contribution in [-0.4, -0.2) is 119 Å². The highest BCUT2D eigenvalue weighted by atomic mass is 35.5. The van der Waals surface area contributed by atoms with Gasteiger partial charge in [-0.1, -0.05) is 29.8 Å². The lowest BCUT2D eigenvalue weighted by molar-refractivity contribution is -0.141. The molecule has 2 N–H and O–H groups in total. The second-order valence-corrected chi connectivity index (χ2v) is 15.9. The summed E-state index contributed by atoms with van der Waals surface area (Å²) in [6, 6.07) is 9.82. The van der Waals surface area contributed by atoms with Gasteiger partial charge < -0.3 is 24.3 Å². The van der Waals surface area contributed by atoms with Crippen molar-refractivity contribution in [3.8, 4) is 10.8 Å². The van der Waals surface area contributed by atoms with E-state index in [1.807, 2.05) is 23.6 Å². The normalized spacial score (nSPS) is 16.8. The van der Waals surface area contributed by atoms with E-state index in [-0.39, 0.29) is 93.8 Å². The maximum absolute atomic E-state index is 13.6. The molecule has 0 bridgehead atoms. The fourth-order valence-corrected chi connectivity index (χ4v) is 8.73. The highest BCUT2D eigenvalue weighted by molar-refractivity contribution is 7.17. The number of aromatic nitrogens is 3. The van der Waals surface area contributed by atoms with Crippen LogP contribution in [0.2, 0.25) is 5.02 Å². The number of esters is 1. The largest absolute Gasteiger partial charge is 0.485 e. The van der Waals surface area contributed by atoms with Crippen LogP contribution in [-0.2, 0) is 33.4 Å². The highest BCUT2D eigenvalue weighted by Crippen LogP contribution is 2.40. The number of nitrogens with zero attached hydrogens (tertiary/aromatic N) is 5. The second kappa shape index (κ2) is 19.3. The summed E-state index contributed by atoms with van der Waals surface area (Å²) in [5.74, 6) is -2.49. The lowest BCUT2D eigenvalue weighted by atomic mass is 9.99. The average Bonchev–Trinajstić information content (AvgIpc) is 3.85. The molecule has 3 aliphatic heterocycles. The van der Waals surface area contributed by atoms with Gasteiger partial charge in [0.15, 0.2) is 11.6 Å². The summed E-state index contributed by atoms with van der Waals surface area (Å²) >= 11 is 7.48. The van der Waals surface area contributed by atoms with Gasteiger partial charge >= 0.3 is 5.97 Å². The smallest absolute Gasteiger partial charge is 0.308 e. The molecule has 7 rings (SSSR count). The average molecular weight is 888 g/mol. The number of carbonyl (C=O) groups is 7. The molecule has 2 aromatic carbocycles. The standard InChI is InChI=1S/C42H42ClN7O11S/c1-22-33-35(24-9-11-25(43)12-10-24)45-28(20-32(53)58-3)37-48-47-23(2)49(37)42(33)62-36(22)39(55)44-15-17-60-19-18-59-16-5-6-26(51)21-61-30-8-4-7-27-34(30)41(57)50(40(27)56)29-13-14-31(52)46-38(29)54/h4,7-12,28-29H,5-6,13-21H2,1-3H3,(H,44,55)(H,46,52,54)/t28-,29?/m1/s1. The van der Waals surface area contributed by atoms with Crippen molar-refractivity contribution >= 4 is 69.9 Å². The number of hydrogen-bond donors (Lipinski definition) is 2. The number of carbonyl (C=O) groups excluding carboxylic acids is 7. The number of thiophene rings is 1. The molecule has 3 aliphatic rings. The molecule has 4 aromatic rings. The molecule has 0 aliphatic carbocycles.